The fourth-order valence-electron chi connectivity index (χ4n) is 5.82. The number of hydrogen-bond donors (Lipinski definition) is 1. The predicted molar refractivity (Wildman–Crippen MR) is 160 cm³/mol. The minimum atomic E-state index is -0.121. The Labute approximate surface area is 233 Å². The molecule has 1 aliphatic carbocycles. The summed E-state index contributed by atoms with van der Waals surface area (Å²) in [6.07, 6.45) is 8.94. The van der Waals surface area contributed by atoms with Crippen LogP contribution in [0.3, 0.4) is 0 Å². The van der Waals surface area contributed by atoms with Gasteiger partial charge >= 0.3 is 0 Å². The number of halogens is 1. The molecule has 1 amide bonds. The van der Waals surface area contributed by atoms with E-state index in [0.29, 0.717) is 5.92 Å². The molecule has 6 rings (SSSR count). The van der Waals surface area contributed by atoms with Crippen molar-refractivity contribution in [2.24, 2.45) is 5.92 Å². The summed E-state index contributed by atoms with van der Waals surface area (Å²) in [5, 5.41) is 5.54. The molecule has 3 atom stereocenters. The smallest absolute Gasteiger partial charge is 0.262 e. The summed E-state index contributed by atoms with van der Waals surface area (Å²) in [7, 11) is 0. The van der Waals surface area contributed by atoms with Gasteiger partial charge in [0.2, 0.25) is 0 Å². The largest absolute Gasteiger partial charge is 0.356 e. The number of amides is 1. The number of carbonyl (C=O) groups is 1. The summed E-state index contributed by atoms with van der Waals surface area (Å²) in [5.41, 5.74) is 4.32. The Morgan fingerprint density at radius 3 is 2.50 bits per heavy atom. The average Bonchev–Trinajstić information content (AvgIpc) is 3.43. The SMILES string of the molecule is C[C@@H]1CCCC[C@H]1N1C(=O)/C(=C/c2cn(Cc3ccc(Cl)cc3)c3ccccc23)SC1Nc1ccccc1. The number of fused-ring (bicyclic) bond motifs is 1. The topological polar surface area (TPSA) is 37.3 Å². The van der Waals surface area contributed by atoms with Crippen molar-refractivity contribution in [3.05, 3.63) is 106 Å². The van der Waals surface area contributed by atoms with E-state index in [-0.39, 0.29) is 17.4 Å². The Balaban J connectivity index is 1.35. The number of rotatable bonds is 6. The second-order valence-corrected chi connectivity index (χ2v) is 11.9. The van der Waals surface area contributed by atoms with Gasteiger partial charge in [-0.15, -0.1) is 0 Å². The Bertz CT molecular complexity index is 1460. The lowest BCUT2D eigenvalue weighted by molar-refractivity contribution is -0.129. The molecule has 0 spiro atoms. The van der Waals surface area contributed by atoms with Crippen molar-refractivity contribution in [1.82, 2.24) is 9.47 Å². The first-order valence-corrected chi connectivity index (χ1v) is 14.7. The Hall–Kier alpha value is -3.15. The minimum absolute atomic E-state index is 0.121. The van der Waals surface area contributed by atoms with Gasteiger partial charge in [0.1, 0.15) is 0 Å². The van der Waals surface area contributed by atoms with E-state index in [0.717, 1.165) is 45.0 Å². The zero-order chi connectivity index (χ0) is 26.1. The number of nitrogens with one attached hydrogen (secondary N) is 1. The molecule has 3 aromatic carbocycles. The zero-order valence-corrected chi connectivity index (χ0v) is 23.1. The quantitative estimate of drug-likeness (QED) is 0.250. The van der Waals surface area contributed by atoms with Crippen molar-refractivity contribution < 1.29 is 4.79 Å². The van der Waals surface area contributed by atoms with E-state index in [4.69, 9.17) is 11.6 Å². The lowest BCUT2D eigenvalue weighted by atomic mass is 9.85. The van der Waals surface area contributed by atoms with Gasteiger partial charge in [-0.05, 0) is 60.7 Å². The van der Waals surface area contributed by atoms with Crippen LogP contribution in [0.15, 0.2) is 90.0 Å². The van der Waals surface area contributed by atoms with Crippen molar-refractivity contribution >= 4 is 51.9 Å². The number of carbonyl (C=O) groups excluding carboxylic acids is 1. The maximum Gasteiger partial charge on any atom is 0.262 e. The molecule has 0 radical (unpaired) electrons. The molecular weight excluding hydrogens is 510 g/mol. The molecule has 2 fully saturated rings. The van der Waals surface area contributed by atoms with Crippen LogP contribution in [-0.4, -0.2) is 26.9 Å². The van der Waals surface area contributed by atoms with E-state index in [1.165, 1.54) is 24.8 Å². The van der Waals surface area contributed by atoms with Crippen LogP contribution in [0.25, 0.3) is 17.0 Å². The summed E-state index contributed by atoms with van der Waals surface area (Å²) in [4.78, 5) is 16.9. The van der Waals surface area contributed by atoms with Crippen LogP contribution in [0.4, 0.5) is 5.69 Å². The second-order valence-electron chi connectivity index (χ2n) is 10.4. The molecule has 4 nitrogen and oxygen atoms in total. The summed E-state index contributed by atoms with van der Waals surface area (Å²) in [6.45, 7) is 3.04. The molecule has 1 aromatic heterocycles. The molecule has 1 N–H and O–H groups in total. The second kappa shape index (κ2) is 10.9. The van der Waals surface area contributed by atoms with Crippen LogP contribution >= 0.6 is 23.4 Å². The van der Waals surface area contributed by atoms with Crippen molar-refractivity contribution in [2.45, 2.75) is 50.7 Å². The number of nitrogens with zero attached hydrogens (tertiary/aromatic N) is 2. The average molecular weight is 542 g/mol. The van der Waals surface area contributed by atoms with E-state index >= 15 is 0 Å². The first kappa shape index (κ1) is 25.1. The summed E-state index contributed by atoms with van der Waals surface area (Å²) in [6, 6.07) is 26.9. The predicted octanol–water partition coefficient (Wildman–Crippen LogP) is 8.23. The van der Waals surface area contributed by atoms with Gasteiger partial charge in [-0.2, -0.15) is 0 Å². The third-order valence-electron chi connectivity index (χ3n) is 7.80. The van der Waals surface area contributed by atoms with Crippen LogP contribution in [0.5, 0.6) is 0 Å². The summed E-state index contributed by atoms with van der Waals surface area (Å²) in [5.74, 6) is 0.630. The lowest BCUT2D eigenvalue weighted by Crippen LogP contribution is -2.48. The molecule has 4 aromatic rings. The van der Waals surface area contributed by atoms with Gasteiger partial charge in [0.15, 0.2) is 5.50 Å². The molecule has 194 valence electrons. The van der Waals surface area contributed by atoms with Crippen LogP contribution in [0.2, 0.25) is 5.02 Å². The summed E-state index contributed by atoms with van der Waals surface area (Å²) < 4.78 is 2.26. The lowest BCUT2D eigenvalue weighted by Gasteiger charge is -2.39. The number of hydrogen-bond acceptors (Lipinski definition) is 3. The highest BCUT2D eigenvalue weighted by Gasteiger charge is 2.43. The molecule has 1 saturated carbocycles. The van der Waals surface area contributed by atoms with Gasteiger partial charge in [-0.1, -0.05) is 91.7 Å². The van der Waals surface area contributed by atoms with E-state index in [9.17, 15) is 4.79 Å². The highest BCUT2D eigenvalue weighted by Crippen LogP contribution is 2.42. The number of thioether (sulfide) groups is 1. The van der Waals surface area contributed by atoms with Crippen LogP contribution in [0, 0.1) is 5.92 Å². The Kier molecular flexibility index (Phi) is 7.22. The molecule has 1 unspecified atom stereocenters. The molecule has 0 bridgehead atoms. The molecule has 1 saturated heterocycles. The first-order chi connectivity index (χ1) is 18.6. The number of benzene rings is 3. The number of aromatic nitrogens is 1. The highest BCUT2D eigenvalue weighted by molar-refractivity contribution is 8.05. The van der Waals surface area contributed by atoms with E-state index in [1.54, 1.807) is 11.8 Å². The minimum Gasteiger partial charge on any atom is -0.356 e. The maximum absolute atomic E-state index is 14.0. The number of para-hydroxylation sites is 2. The third kappa shape index (κ3) is 5.10. The first-order valence-electron chi connectivity index (χ1n) is 13.4. The number of anilines is 1. The van der Waals surface area contributed by atoms with Crippen molar-refractivity contribution in [2.75, 3.05) is 5.32 Å². The van der Waals surface area contributed by atoms with Gasteiger partial charge in [0.25, 0.3) is 5.91 Å². The van der Waals surface area contributed by atoms with E-state index < -0.39 is 0 Å². The van der Waals surface area contributed by atoms with Gasteiger partial charge < -0.3 is 14.8 Å². The molecule has 6 heteroatoms. The highest BCUT2D eigenvalue weighted by atomic mass is 35.5. The Morgan fingerprint density at radius 1 is 0.974 bits per heavy atom. The fourth-order valence-corrected chi connectivity index (χ4v) is 7.14. The van der Waals surface area contributed by atoms with Crippen LogP contribution in [-0.2, 0) is 11.3 Å². The Morgan fingerprint density at radius 2 is 1.71 bits per heavy atom. The molecule has 2 aliphatic rings. The van der Waals surface area contributed by atoms with Crippen LogP contribution < -0.4 is 5.32 Å². The van der Waals surface area contributed by atoms with E-state index in [1.807, 2.05) is 30.3 Å². The van der Waals surface area contributed by atoms with Gasteiger partial charge in [-0.25, -0.2) is 0 Å². The molecule has 2 heterocycles. The monoisotopic (exact) mass is 541 g/mol. The standard InChI is InChI=1S/C32H32ClN3OS/c1-22-9-5-7-13-28(22)36-31(37)30(38-32(36)34-26-10-3-2-4-11-26)19-24-21-35(29-14-8-6-12-27(24)29)20-23-15-17-25(33)18-16-23/h2-4,6,8,10-12,14-19,21-22,28,32,34H,5,7,9,13,20H2,1H3/b30-19-/t22-,28-,32?/m1/s1. The molecule has 1 aliphatic heterocycles. The maximum atomic E-state index is 14.0. The fraction of sp³-hybridized carbons (Fsp3) is 0.281. The third-order valence-corrected chi connectivity index (χ3v) is 9.16. The van der Waals surface area contributed by atoms with Crippen molar-refractivity contribution in [1.29, 1.82) is 0 Å². The summed E-state index contributed by atoms with van der Waals surface area (Å²) >= 11 is 7.74. The van der Waals surface area contributed by atoms with Crippen LogP contribution in [0.1, 0.15) is 43.7 Å². The van der Waals surface area contributed by atoms with Gasteiger partial charge in [0.05, 0.1) is 4.91 Å². The zero-order valence-electron chi connectivity index (χ0n) is 21.5. The van der Waals surface area contributed by atoms with Gasteiger partial charge in [-0.3, -0.25) is 4.79 Å². The molecule has 38 heavy (non-hydrogen) atoms. The molecular formula is C32H32ClN3OS. The van der Waals surface area contributed by atoms with Crippen molar-refractivity contribution in [3.8, 4) is 0 Å². The van der Waals surface area contributed by atoms with E-state index in [2.05, 4.69) is 82.5 Å². The van der Waals surface area contributed by atoms with Crippen molar-refractivity contribution in [3.63, 3.8) is 0 Å². The van der Waals surface area contributed by atoms with Gasteiger partial charge in [0, 0.05) is 46.0 Å². The normalized spacial score (nSPS) is 22.9.